The quantitative estimate of drug-likeness (QED) is 0.0110. The zero-order valence-corrected chi connectivity index (χ0v) is 63.6. The Labute approximate surface area is 650 Å². The van der Waals surface area contributed by atoms with E-state index < -0.39 is 194 Å². The lowest BCUT2D eigenvalue weighted by molar-refractivity contribution is -0.145. The molecule has 6 rings (SSSR count). The van der Waals surface area contributed by atoms with Crippen molar-refractivity contribution in [1.29, 1.82) is 5.41 Å². The predicted molar refractivity (Wildman–Crippen MR) is 410 cm³/mol. The molecule has 11 atom stereocenters. The van der Waals surface area contributed by atoms with E-state index in [0.717, 1.165) is 6.92 Å². The second-order valence-electron chi connectivity index (χ2n) is 27.3. The number of aliphatic carboxylic acids is 2. The number of imidazole rings is 1. The Morgan fingerprint density at radius 1 is 0.607 bits per heavy atom. The first-order chi connectivity index (χ1) is 53.5. The van der Waals surface area contributed by atoms with E-state index in [-0.39, 0.29) is 88.2 Å². The van der Waals surface area contributed by atoms with Crippen molar-refractivity contribution in [2.24, 2.45) is 17.4 Å². The van der Waals surface area contributed by atoms with E-state index in [1.165, 1.54) is 53.5 Å². The molecule has 3 aromatic carbocycles. The number of aromatic nitrogens is 3. The molecule has 11 unspecified atom stereocenters. The van der Waals surface area contributed by atoms with E-state index >= 15 is 14.4 Å². The lowest BCUT2D eigenvalue weighted by Gasteiger charge is -2.30. The summed E-state index contributed by atoms with van der Waals surface area (Å²) >= 11 is 1.26. The van der Waals surface area contributed by atoms with Gasteiger partial charge in [-0.1, -0.05) is 74.5 Å². The van der Waals surface area contributed by atoms with Crippen LogP contribution in [0.2, 0.25) is 0 Å². The maximum atomic E-state index is 15.1. The summed E-state index contributed by atoms with van der Waals surface area (Å²) in [6, 6.07) is 5.11. The third kappa shape index (κ3) is 29.0. The number of aromatic hydroxyl groups is 1. The number of fused-ring (bicyclic) bond motifs is 1. The Morgan fingerprint density at radius 2 is 1.15 bits per heavy atom. The first kappa shape index (κ1) is 89.2. The van der Waals surface area contributed by atoms with Gasteiger partial charge in [-0.3, -0.25) is 67.7 Å². The van der Waals surface area contributed by atoms with Gasteiger partial charge >= 0.3 is 11.9 Å². The van der Waals surface area contributed by atoms with Gasteiger partial charge < -0.3 is 111 Å². The fourth-order valence-electron chi connectivity index (χ4n) is 12.4. The molecule has 37 nitrogen and oxygen atoms in total. The van der Waals surface area contributed by atoms with E-state index in [0.29, 0.717) is 46.9 Å². The number of para-hydroxylation sites is 1. The smallest absolute Gasteiger partial charge is 0.326 e. The van der Waals surface area contributed by atoms with Crippen LogP contribution in [0.25, 0.3) is 10.9 Å². The number of phenolic OH excluding ortho intramolecular Hbond substituents is 1. The highest BCUT2D eigenvalue weighted by Crippen LogP contribution is 2.23. The van der Waals surface area contributed by atoms with Crippen molar-refractivity contribution in [2.45, 2.75) is 177 Å². The molecule has 2 aromatic heterocycles. The second-order valence-corrected chi connectivity index (χ2v) is 28.3. The summed E-state index contributed by atoms with van der Waals surface area (Å²) < 4.78 is 0. The number of carboxylic acids is 2. The molecule has 112 heavy (non-hydrogen) atoms. The highest BCUT2D eigenvalue weighted by atomic mass is 32.2. The summed E-state index contributed by atoms with van der Waals surface area (Å²) in [6.07, 6.45) is 5.04. The monoisotopic (exact) mass is 1580 g/mol. The van der Waals surface area contributed by atoms with Crippen LogP contribution in [0.3, 0.4) is 0 Å². The number of nitrogens with zero attached hydrogens (tertiary/aromatic N) is 2. The van der Waals surface area contributed by atoms with Crippen molar-refractivity contribution in [3.05, 3.63) is 120 Å². The van der Waals surface area contributed by atoms with Crippen LogP contribution in [0.4, 0.5) is 0 Å². The number of carbonyl (C=O) groups excluding carboxylic acids is 12. The summed E-state index contributed by atoms with van der Waals surface area (Å²) in [4.78, 5) is 206. The molecule has 608 valence electrons. The summed E-state index contributed by atoms with van der Waals surface area (Å²) in [7, 11) is 0. The molecule has 38 heteroatoms. The number of guanidine groups is 1. The number of nitrogens with one attached hydrogen (secondary N) is 15. The fourth-order valence-corrected chi connectivity index (χ4v) is 12.9. The van der Waals surface area contributed by atoms with Gasteiger partial charge in [0, 0.05) is 75.4 Å². The Hall–Kier alpha value is -11.7. The zero-order chi connectivity index (χ0) is 82.0. The summed E-state index contributed by atoms with van der Waals surface area (Å²) in [6.45, 7) is 3.08. The van der Waals surface area contributed by atoms with Gasteiger partial charge in [-0.2, -0.15) is 11.8 Å². The van der Waals surface area contributed by atoms with Gasteiger partial charge in [-0.25, -0.2) is 9.78 Å². The minimum Gasteiger partial charge on any atom is -0.508 e. The first-order valence-electron chi connectivity index (χ1n) is 36.7. The third-order valence-corrected chi connectivity index (χ3v) is 19.0. The number of benzene rings is 3. The first-order valence-corrected chi connectivity index (χ1v) is 38.1. The van der Waals surface area contributed by atoms with E-state index in [9.17, 15) is 73.2 Å². The van der Waals surface area contributed by atoms with Gasteiger partial charge in [0.15, 0.2) is 5.96 Å². The highest BCUT2D eigenvalue weighted by molar-refractivity contribution is 7.98. The minimum absolute atomic E-state index is 0.00462. The average Bonchev–Trinajstić information content (AvgIpc) is 1.66. The van der Waals surface area contributed by atoms with Crippen LogP contribution < -0.4 is 75.3 Å². The normalized spacial score (nSPS) is 15.2. The van der Waals surface area contributed by atoms with Gasteiger partial charge in [0.2, 0.25) is 70.9 Å². The molecule has 0 spiro atoms. The van der Waals surface area contributed by atoms with Crippen molar-refractivity contribution in [3.8, 4) is 5.75 Å². The topological polar surface area (TPSA) is 588 Å². The SMILES string of the molecule is CSCCC(NC(=O)C(CO)NC(=O)C(Cc1ccc(O)cc1)NC(C)=O)C(=O)NC(CCC(=O)O)C(=O)NC(Cc1c[nH]cn1)C(=O)NC(Cc1ccccc1)C(=O)NC(CCCNC(=N)N)C(=O)NC(Cc1c[nH]c2ccccc12)C(=O)NCC(=O)NC(CCCCN)C(=O)N1CCCC1C(=O)NC(C(=O)O)C(C)C. The fraction of sp³-hybridized carbons (Fsp3) is 0.486. The molecule has 0 bridgehead atoms. The number of nitrogens with two attached hydrogens (primary N) is 2. The molecule has 23 N–H and O–H groups in total. The Morgan fingerprint density at radius 3 is 1.72 bits per heavy atom. The number of phenols is 1. The van der Waals surface area contributed by atoms with Crippen molar-refractivity contribution in [2.75, 3.05) is 44.8 Å². The van der Waals surface area contributed by atoms with Crippen LogP contribution in [-0.2, 0) is 92.8 Å². The van der Waals surface area contributed by atoms with Gasteiger partial charge in [0.1, 0.15) is 72.2 Å². The van der Waals surface area contributed by atoms with Crippen LogP contribution >= 0.6 is 11.8 Å². The minimum atomic E-state index is -1.75. The molecule has 5 aromatic rings. The van der Waals surface area contributed by atoms with Crippen LogP contribution in [0.1, 0.15) is 107 Å². The molecule has 0 radical (unpaired) electrons. The van der Waals surface area contributed by atoms with Crippen LogP contribution in [0.15, 0.2) is 97.6 Å². The zero-order valence-electron chi connectivity index (χ0n) is 62.8. The Kier molecular flexibility index (Phi) is 36.2. The number of aromatic amines is 2. The number of hydrogen-bond acceptors (Lipinski definition) is 20. The second kappa shape index (κ2) is 45.5. The number of likely N-dealkylation sites (tertiary alicyclic amines) is 1. The van der Waals surface area contributed by atoms with E-state index in [4.69, 9.17) is 16.9 Å². The standard InChI is InChI=1S/C74H103N19O18S/c1-41(2)62(73(110)111)92-71(108)59-20-13-30-93(59)72(109)53(18-10-11-28-75)84-60(97)38-81-63(100)56(34-45-36-80-49-17-9-8-16-48(45)49)89-64(101)50(19-12-29-79-74(76)77)85-68(105)55(32-43-14-6-5-7-15-43)88-69(106)57(35-46-37-78-40-82-46)90-65(102)51(25-26-61(98)99)86-66(103)52(27-31-112-4)87-70(107)58(39-94)91-67(104)54(83-42(3)95)33-44-21-23-47(96)24-22-44/h5-9,14-17,21-24,36-37,40-41,50-59,62,80,94,96H,10-13,18-20,25-35,38-39,75H2,1-4H3,(H,78,82)(H,81,100)(H,83,95)(H,84,97)(H,85,105)(H,86,103)(H,87,107)(H,88,106)(H,89,101)(H,90,102)(H,91,104)(H,92,108)(H,98,99)(H,110,111)(H4,76,77,79). The number of rotatable bonds is 47. The van der Waals surface area contributed by atoms with Gasteiger partial charge in [0.25, 0.3) is 0 Å². The van der Waals surface area contributed by atoms with Crippen molar-refractivity contribution < 1.29 is 87.5 Å². The number of carboxylic acid groups (broad SMARTS) is 2. The Balaban J connectivity index is 1.25. The highest BCUT2D eigenvalue weighted by Gasteiger charge is 2.41. The van der Waals surface area contributed by atoms with Crippen LogP contribution in [0.5, 0.6) is 5.75 Å². The van der Waals surface area contributed by atoms with Gasteiger partial charge in [-0.05, 0) is 117 Å². The molecular weight excluding hydrogens is 1470 g/mol. The molecule has 0 aliphatic carbocycles. The third-order valence-electron chi connectivity index (χ3n) is 18.3. The molecule has 1 aliphatic heterocycles. The summed E-state index contributed by atoms with van der Waals surface area (Å²) in [5.41, 5.74) is 13.8. The average molecular weight is 1580 g/mol. The number of hydrogen-bond donors (Lipinski definition) is 21. The molecule has 0 saturated carbocycles. The van der Waals surface area contributed by atoms with Crippen LogP contribution in [-0.4, -0.2) is 240 Å². The van der Waals surface area contributed by atoms with Gasteiger partial charge in [-0.15, -0.1) is 0 Å². The molecular formula is C74H103N19O18S. The van der Waals surface area contributed by atoms with E-state index in [2.05, 4.69) is 78.8 Å². The maximum absolute atomic E-state index is 15.1. The van der Waals surface area contributed by atoms with Crippen molar-refractivity contribution in [3.63, 3.8) is 0 Å². The number of H-pyrrole nitrogens is 2. The predicted octanol–water partition coefficient (Wildman–Crippen LogP) is -2.41. The van der Waals surface area contributed by atoms with Crippen molar-refractivity contribution >= 4 is 111 Å². The molecule has 1 saturated heterocycles. The number of unbranched alkanes of at least 4 members (excludes halogenated alkanes) is 1. The number of thioether (sulfide) groups is 1. The van der Waals surface area contributed by atoms with E-state index in [1.807, 2.05) is 0 Å². The van der Waals surface area contributed by atoms with Gasteiger partial charge in [0.05, 0.1) is 25.2 Å². The Bertz CT molecular complexity index is 4040. The lowest BCUT2D eigenvalue weighted by Crippen LogP contribution is -2.61. The number of aliphatic hydroxyl groups excluding tert-OH is 1. The number of aliphatic hydroxyl groups is 1. The molecule has 1 aliphatic rings. The summed E-state index contributed by atoms with van der Waals surface area (Å²) in [5.74, 6) is -14.0. The summed E-state index contributed by atoms with van der Waals surface area (Å²) in [5, 5.41) is 79.2. The number of carbonyl (C=O) groups is 14. The largest absolute Gasteiger partial charge is 0.508 e. The van der Waals surface area contributed by atoms with Crippen LogP contribution in [0, 0.1) is 11.3 Å². The van der Waals surface area contributed by atoms with Crippen molar-refractivity contribution in [1.82, 2.24) is 83.7 Å². The maximum Gasteiger partial charge on any atom is 0.326 e. The van der Waals surface area contributed by atoms with E-state index in [1.54, 1.807) is 80.9 Å². The molecule has 12 amide bonds. The lowest BCUT2D eigenvalue weighted by atomic mass is 10.0. The molecule has 1 fully saturated rings. The number of amides is 12. The molecule has 3 heterocycles.